The maximum absolute atomic E-state index is 13.1. The highest BCUT2D eigenvalue weighted by Crippen LogP contribution is 2.30. The molecule has 2 aliphatic rings. The first-order valence-corrected chi connectivity index (χ1v) is 10.1. The van der Waals surface area contributed by atoms with Gasteiger partial charge in [0.1, 0.15) is 6.54 Å². The second-order valence-electron chi connectivity index (χ2n) is 6.61. The average molecular weight is 393 g/mol. The maximum Gasteiger partial charge on any atom is 0.262 e. The Hall–Kier alpha value is -2.93. The molecule has 2 heterocycles. The number of carbonyl (C=O) groups is 3. The lowest BCUT2D eigenvalue weighted by atomic mass is 10.1. The summed E-state index contributed by atoms with van der Waals surface area (Å²) in [6.45, 7) is 1.73. The molecule has 4 rings (SSSR count). The summed E-state index contributed by atoms with van der Waals surface area (Å²) in [6.07, 6.45) is 0.772. The van der Waals surface area contributed by atoms with Crippen molar-refractivity contribution in [3.8, 4) is 0 Å². The first kappa shape index (κ1) is 18.4. The van der Waals surface area contributed by atoms with Gasteiger partial charge < -0.3 is 0 Å². The number of para-hydroxylation sites is 1. The summed E-state index contributed by atoms with van der Waals surface area (Å²) in [6, 6.07) is 16.1. The van der Waals surface area contributed by atoms with Crippen molar-refractivity contribution in [1.82, 2.24) is 9.80 Å². The molecule has 6 nitrogen and oxygen atoms in total. The fraction of sp³-hybridized carbons (Fsp3) is 0.238. The minimum absolute atomic E-state index is 0.00450. The molecule has 0 N–H and O–H groups in total. The number of amidine groups is 1. The van der Waals surface area contributed by atoms with Crippen LogP contribution in [0.15, 0.2) is 59.6 Å². The molecule has 0 bridgehead atoms. The first-order valence-electron chi connectivity index (χ1n) is 9.14. The third kappa shape index (κ3) is 3.22. The number of amides is 3. The van der Waals surface area contributed by atoms with Gasteiger partial charge in [0.2, 0.25) is 5.91 Å². The molecule has 0 unspecified atom stereocenters. The Labute approximate surface area is 167 Å². The quantitative estimate of drug-likeness (QED) is 0.747. The van der Waals surface area contributed by atoms with Crippen LogP contribution in [0.25, 0.3) is 0 Å². The van der Waals surface area contributed by atoms with E-state index in [1.165, 1.54) is 11.8 Å². The maximum atomic E-state index is 13.1. The van der Waals surface area contributed by atoms with E-state index >= 15 is 0 Å². The Kier molecular flexibility index (Phi) is 5.00. The van der Waals surface area contributed by atoms with Gasteiger partial charge in [-0.1, -0.05) is 49.0 Å². The normalized spacial score (nSPS) is 20.2. The summed E-state index contributed by atoms with van der Waals surface area (Å²) in [4.78, 5) is 45.5. The topological polar surface area (TPSA) is 70.1 Å². The zero-order valence-corrected chi connectivity index (χ0v) is 16.2. The molecule has 3 amide bonds. The highest BCUT2D eigenvalue weighted by atomic mass is 32.2. The third-order valence-electron chi connectivity index (χ3n) is 4.87. The lowest BCUT2D eigenvalue weighted by molar-refractivity contribution is -0.128. The zero-order chi connectivity index (χ0) is 19.7. The number of carbonyl (C=O) groups excluding carboxylic acids is 3. The van der Waals surface area contributed by atoms with Gasteiger partial charge in [-0.3, -0.25) is 24.2 Å². The standard InChI is InChI=1S/C21H19N3O3S/c1-2-15-13-28-21(22-14-8-4-3-5-9-14)24(15)18(25)12-23-19(26)16-10-6-7-11-17(16)20(23)27/h3-11,15H,2,12-13H2,1H3/t15-/m0/s1. The third-order valence-corrected chi connectivity index (χ3v) is 5.97. The van der Waals surface area contributed by atoms with Gasteiger partial charge in [0.25, 0.3) is 11.8 Å². The molecule has 2 aromatic rings. The van der Waals surface area contributed by atoms with Gasteiger partial charge in [0, 0.05) is 11.8 Å². The minimum atomic E-state index is -0.421. The van der Waals surface area contributed by atoms with Crippen molar-refractivity contribution in [1.29, 1.82) is 0 Å². The molecule has 7 heteroatoms. The lowest BCUT2D eigenvalue weighted by Gasteiger charge is -2.25. The molecule has 0 saturated carbocycles. The molecular formula is C21H19N3O3S. The van der Waals surface area contributed by atoms with E-state index < -0.39 is 11.8 Å². The van der Waals surface area contributed by atoms with Crippen molar-refractivity contribution in [2.24, 2.45) is 4.99 Å². The van der Waals surface area contributed by atoms with E-state index in [0.29, 0.717) is 16.3 Å². The molecule has 1 atom stereocenters. The number of imide groups is 1. The predicted octanol–water partition coefficient (Wildman–Crippen LogP) is 3.32. The number of rotatable bonds is 4. The molecule has 2 aromatic carbocycles. The van der Waals surface area contributed by atoms with E-state index in [2.05, 4.69) is 4.99 Å². The van der Waals surface area contributed by atoms with Gasteiger partial charge in [-0.25, -0.2) is 4.99 Å². The van der Waals surface area contributed by atoms with Crippen molar-refractivity contribution < 1.29 is 14.4 Å². The van der Waals surface area contributed by atoms with Crippen LogP contribution in [0.1, 0.15) is 34.1 Å². The number of thioether (sulfide) groups is 1. The van der Waals surface area contributed by atoms with E-state index in [0.717, 1.165) is 22.8 Å². The first-order chi connectivity index (χ1) is 13.6. The number of aliphatic imine (C=N–C) groups is 1. The van der Waals surface area contributed by atoms with Crippen LogP contribution < -0.4 is 0 Å². The van der Waals surface area contributed by atoms with Crippen LogP contribution in [-0.4, -0.2) is 51.0 Å². The van der Waals surface area contributed by atoms with Crippen molar-refractivity contribution in [3.05, 3.63) is 65.7 Å². The summed E-state index contributed by atoms with van der Waals surface area (Å²) < 4.78 is 0. The number of hydrogen-bond acceptors (Lipinski definition) is 5. The Morgan fingerprint density at radius 2 is 1.64 bits per heavy atom. The number of benzene rings is 2. The van der Waals surface area contributed by atoms with Crippen LogP contribution in [-0.2, 0) is 4.79 Å². The smallest absolute Gasteiger partial charge is 0.262 e. The molecule has 28 heavy (non-hydrogen) atoms. The Morgan fingerprint density at radius 1 is 1.04 bits per heavy atom. The summed E-state index contributed by atoms with van der Waals surface area (Å²) in [7, 11) is 0. The van der Waals surface area contributed by atoms with E-state index in [1.807, 2.05) is 37.3 Å². The fourth-order valence-electron chi connectivity index (χ4n) is 3.38. The Balaban J connectivity index is 1.58. The van der Waals surface area contributed by atoms with Crippen molar-refractivity contribution in [2.75, 3.05) is 12.3 Å². The van der Waals surface area contributed by atoms with Crippen LogP contribution >= 0.6 is 11.8 Å². The predicted molar refractivity (Wildman–Crippen MR) is 109 cm³/mol. The van der Waals surface area contributed by atoms with Gasteiger partial charge in [0.15, 0.2) is 5.17 Å². The van der Waals surface area contributed by atoms with Gasteiger partial charge in [0.05, 0.1) is 16.8 Å². The van der Waals surface area contributed by atoms with E-state index in [4.69, 9.17) is 0 Å². The number of fused-ring (bicyclic) bond motifs is 1. The second kappa shape index (κ2) is 7.59. The molecule has 0 radical (unpaired) electrons. The van der Waals surface area contributed by atoms with Crippen LogP contribution in [0, 0.1) is 0 Å². The average Bonchev–Trinajstić information content (AvgIpc) is 3.23. The van der Waals surface area contributed by atoms with Crippen molar-refractivity contribution in [2.45, 2.75) is 19.4 Å². The highest BCUT2D eigenvalue weighted by molar-refractivity contribution is 8.14. The van der Waals surface area contributed by atoms with Crippen molar-refractivity contribution >= 4 is 40.3 Å². The summed E-state index contributed by atoms with van der Waals surface area (Å²) in [5, 5.41) is 0.611. The summed E-state index contributed by atoms with van der Waals surface area (Å²) in [5.74, 6) is -0.387. The molecule has 142 valence electrons. The van der Waals surface area contributed by atoms with Crippen LogP contribution in [0.5, 0.6) is 0 Å². The fourth-order valence-corrected chi connectivity index (χ4v) is 4.66. The zero-order valence-electron chi connectivity index (χ0n) is 15.4. The summed E-state index contributed by atoms with van der Waals surface area (Å²) >= 11 is 1.52. The Morgan fingerprint density at radius 3 is 2.25 bits per heavy atom. The highest BCUT2D eigenvalue weighted by Gasteiger charge is 2.40. The number of nitrogens with zero attached hydrogens (tertiary/aromatic N) is 3. The molecular weight excluding hydrogens is 374 g/mol. The molecule has 0 aromatic heterocycles. The van der Waals surface area contributed by atoms with Crippen LogP contribution in [0.4, 0.5) is 5.69 Å². The minimum Gasteiger partial charge on any atom is -0.286 e. The van der Waals surface area contributed by atoms with Gasteiger partial charge in [-0.2, -0.15) is 0 Å². The van der Waals surface area contributed by atoms with Gasteiger partial charge in [-0.05, 0) is 30.7 Å². The second-order valence-corrected chi connectivity index (χ2v) is 7.60. The monoisotopic (exact) mass is 393 g/mol. The lowest BCUT2D eigenvalue weighted by Crippen LogP contribution is -2.46. The van der Waals surface area contributed by atoms with Crippen LogP contribution in [0.3, 0.4) is 0 Å². The van der Waals surface area contributed by atoms with Gasteiger partial charge >= 0.3 is 0 Å². The Bertz CT molecular complexity index is 939. The number of hydrogen-bond donors (Lipinski definition) is 0. The van der Waals surface area contributed by atoms with E-state index in [1.54, 1.807) is 29.2 Å². The van der Waals surface area contributed by atoms with Gasteiger partial charge in [-0.15, -0.1) is 0 Å². The summed E-state index contributed by atoms with van der Waals surface area (Å²) in [5.41, 5.74) is 1.46. The van der Waals surface area contributed by atoms with E-state index in [9.17, 15) is 14.4 Å². The SMILES string of the molecule is CC[C@H]1CSC(=Nc2ccccc2)N1C(=O)CN1C(=O)c2ccccc2C1=O. The molecule has 0 aliphatic carbocycles. The molecule has 0 spiro atoms. The van der Waals surface area contributed by atoms with Crippen molar-refractivity contribution in [3.63, 3.8) is 0 Å². The molecule has 2 aliphatic heterocycles. The van der Waals surface area contributed by atoms with Crippen LogP contribution in [0.2, 0.25) is 0 Å². The molecule has 1 fully saturated rings. The molecule has 1 saturated heterocycles. The van der Waals surface area contributed by atoms with E-state index in [-0.39, 0.29) is 18.5 Å². The largest absolute Gasteiger partial charge is 0.286 e.